The van der Waals surface area contributed by atoms with E-state index in [2.05, 4.69) is 17.0 Å². The van der Waals surface area contributed by atoms with E-state index >= 15 is 0 Å². The second kappa shape index (κ2) is 4.45. The molecule has 0 aliphatic heterocycles. The lowest BCUT2D eigenvalue weighted by Crippen LogP contribution is -1.96. The third kappa shape index (κ3) is 2.18. The van der Waals surface area contributed by atoms with Gasteiger partial charge in [-0.25, -0.2) is 9.67 Å². The van der Waals surface area contributed by atoms with Crippen molar-refractivity contribution in [2.24, 2.45) is 0 Å². The van der Waals surface area contributed by atoms with Crippen molar-refractivity contribution >= 4 is 11.6 Å². The van der Waals surface area contributed by atoms with Crippen LogP contribution >= 0.6 is 11.6 Å². The lowest BCUT2D eigenvalue weighted by molar-refractivity contribution is 0.799. The summed E-state index contributed by atoms with van der Waals surface area (Å²) in [5, 5.41) is 4.76. The Morgan fingerprint density at radius 2 is 2.00 bits per heavy atom. The van der Waals surface area contributed by atoms with Gasteiger partial charge in [0.05, 0.1) is 5.69 Å². The van der Waals surface area contributed by atoms with Crippen molar-refractivity contribution in [1.29, 1.82) is 0 Å². The minimum Gasteiger partial charge on any atom is -0.203 e. The minimum atomic E-state index is 0.421. The van der Waals surface area contributed by atoms with E-state index in [1.54, 1.807) is 4.68 Å². The van der Waals surface area contributed by atoms with Crippen LogP contribution in [-0.4, -0.2) is 14.8 Å². The van der Waals surface area contributed by atoms with Gasteiger partial charge in [0.15, 0.2) is 5.82 Å². The third-order valence-corrected chi connectivity index (χ3v) is 2.33. The molecular formula is C11H12ClN3. The van der Waals surface area contributed by atoms with Gasteiger partial charge in [-0.2, -0.15) is 0 Å². The summed E-state index contributed by atoms with van der Waals surface area (Å²) in [6.45, 7) is 2.09. The van der Waals surface area contributed by atoms with E-state index in [1.165, 1.54) is 0 Å². The maximum absolute atomic E-state index is 6.00. The van der Waals surface area contributed by atoms with E-state index in [1.807, 2.05) is 30.3 Å². The summed E-state index contributed by atoms with van der Waals surface area (Å²) in [5.74, 6) is 0.798. The van der Waals surface area contributed by atoms with Gasteiger partial charge >= 0.3 is 0 Å². The van der Waals surface area contributed by atoms with E-state index in [-0.39, 0.29) is 0 Å². The number of benzene rings is 1. The Morgan fingerprint density at radius 1 is 1.27 bits per heavy atom. The summed E-state index contributed by atoms with van der Waals surface area (Å²) in [5.41, 5.74) is 0.942. The van der Waals surface area contributed by atoms with Crippen molar-refractivity contribution in [2.45, 2.75) is 19.8 Å². The Bertz CT molecular complexity index is 436. The maximum Gasteiger partial charge on any atom is 0.225 e. The van der Waals surface area contributed by atoms with Crippen molar-refractivity contribution in [3.63, 3.8) is 0 Å². The van der Waals surface area contributed by atoms with Gasteiger partial charge in [0.2, 0.25) is 5.28 Å². The van der Waals surface area contributed by atoms with Gasteiger partial charge in [0.25, 0.3) is 0 Å². The molecule has 1 aromatic carbocycles. The number of nitrogens with zero attached hydrogens (tertiary/aromatic N) is 3. The molecule has 0 bridgehead atoms. The Balaban J connectivity index is 2.36. The Kier molecular flexibility index (Phi) is 3.02. The fourth-order valence-electron chi connectivity index (χ4n) is 1.40. The molecule has 15 heavy (non-hydrogen) atoms. The Morgan fingerprint density at radius 3 is 2.67 bits per heavy atom. The van der Waals surface area contributed by atoms with Gasteiger partial charge in [0.1, 0.15) is 0 Å². The van der Waals surface area contributed by atoms with Crippen LogP contribution in [0.2, 0.25) is 5.28 Å². The number of rotatable bonds is 3. The predicted molar refractivity (Wildman–Crippen MR) is 60.4 cm³/mol. The molecular weight excluding hydrogens is 210 g/mol. The predicted octanol–water partition coefficient (Wildman–Crippen LogP) is 2.87. The number of halogens is 1. The second-order valence-electron chi connectivity index (χ2n) is 3.29. The lowest BCUT2D eigenvalue weighted by Gasteiger charge is -1.99. The average Bonchev–Trinajstić information content (AvgIpc) is 2.61. The zero-order valence-corrected chi connectivity index (χ0v) is 9.28. The zero-order valence-electron chi connectivity index (χ0n) is 8.52. The summed E-state index contributed by atoms with van der Waals surface area (Å²) < 4.78 is 1.66. The van der Waals surface area contributed by atoms with Crippen molar-refractivity contribution in [1.82, 2.24) is 14.8 Å². The van der Waals surface area contributed by atoms with Gasteiger partial charge < -0.3 is 0 Å². The number of aryl methyl sites for hydroxylation is 1. The zero-order chi connectivity index (χ0) is 10.7. The molecule has 0 unspecified atom stereocenters. The highest BCUT2D eigenvalue weighted by molar-refractivity contribution is 6.28. The van der Waals surface area contributed by atoms with Crippen molar-refractivity contribution < 1.29 is 0 Å². The van der Waals surface area contributed by atoms with Crippen LogP contribution in [0.1, 0.15) is 19.2 Å². The maximum atomic E-state index is 6.00. The molecule has 2 rings (SSSR count). The van der Waals surface area contributed by atoms with Crippen LogP contribution in [0.5, 0.6) is 0 Å². The summed E-state index contributed by atoms with van der Waals surface area (Å²) >= 11 is 6.00. The van der Waals surface area contributed by atoms with Gasteiger partial charge in [-0.3, -0.25) is 0 Å². The van der Waals surface area contributed by atoms with E-state index in [0.29, 0.717) is 5.28 Å². The molecule has 78 valence electrons. The van der Waals surface area contributed by atoms with Gasteiger partial charge in [-0.1, -0.05) is 25.1 Å². The molecule has 0 amide bonds. The fraction of sp³-hybridized carbons (Fsp3) is 0.273. The number of hydrogen-bond acceptors (Lipinski definition) is 2. The molecule has 3 nitrogen and oxygen atoms in total. The van der Waals surface area contributed by atoms with Gasteiger partial charge in [-0.15, -0.1) is 5.10 Å². The molecule has 0 saturated heterocycles. The minimum absolute atomic E-state index is 0.421. The summed E-state index contributed by atoms with van der Waals surface area (Å²) in [6, 6.07) is 9.77. The highest BCUT2D eigenvalue weighted by atomic mass is 35.5. The number of para-hydroxylation sites is 1. The Labute approximate surface area is 93.7 Å². The molecule has 0 N–H and O–H groups in total. The molecule has 0 fully saturated rings. The molecule has 0 spiro atoms. The van der Waals surface area contributed by atoms with Crippen molar-refractivity contribution in [3.8, 4) is 5.69 Å². The first-order chi connectivity index (χ1) is 7.31. The Hall–Kier alpha value is -1.35. The molecule has 1 heterocycles. The molecule has 1 aromatic heterocycles. The SMILES string of the molecule is CCCc1nc(Cl)n(-c2ccccc2)n1. The average molecular weight is 222 g/mol. The van der Waals surface area contributed by atoms with Crippen molar-refractivity contribution in [3.05, 3.63) is 41.4 Å². The second-order valence-corrected chi connectivity index (χ2v) is 3.63. The number of aromatic nitrogens is 3. The molecule has 2 aromatic rings. The largest absolute Gasteiger partial charge is 0.225 e. The van der Waals surface area contributed by atoms with Crippen LogP contribution < -0.4 is 0 Å². The molecule has 4 heteroatoms. The quantitative estimate of drug-likeness (QED) is 0.798. The smallest absolute Gasteiger partial charge is 0.203 e. The topological polar surface area (TPSA) is 30.7 Å². The van der Waals surface area contributed by atoms with Crippen molar-refractivity contribution in [2.75, 3.05) is 0 Å². The normalized spacial score (nSPS) is 10.5. The van der Waals surface area contributed by atoms with Crippen LogP contribution in [0, 0.1) is 0 Å². The van der Waals surface area contributed by atoms with Gasteiger partial charge in [-0.05, 0) is 30.2 Å². The monoisotopic (exact) mass is 221 g/mol. The molecule has 0 atom stereocenters. The number of hydrogen-bond donors (Lipinski definition) is 0. The van der Waals surface area contributed by atoms with Crippen LogP contribution in [0.15, 0.2) is 30.3 Å². The molecule has 0 radical (unpaired) electrons. The summed E-state index contributed by atoms with van der Waals surface area (Å²) in [7, 11) is 0. The first kappa shape index (κ1) is 10.2. The highest BCUT2D eigenvalue weighted by Gasteiger charge is 2.07. The first-order valence-electron chi connectivity index (χ1n) is 4.98. The van der Waals surface area contributed by atoms with E-state index < -0.39 is 0 Å². The standard InChI is InChI=1S/C11H12ClN3/c1-2-6-10-13-11(12)15(14-10)9-7-4-3-5-8-9/h3-5,7-8H,2,6H2,1H3. The summed E-state index contributed by atoms with van der Waals surface area (Å²) in [4.78, 5) is 4.19. The van der Waals surface area contributed by atoms with Crippen LogP contribution in [0.3, 0.4) is 0 Å². The van der Waals surface area contributed by atoms with Gasteiger partial charge in [0, 0.05) is 6.42 Å². The third-order valence-electron chi connectivity index (χ3n) is 2.09. The molecule has 0 aliphatic rings. The van der Waals surface area contributed by atoms with Crippen LogP contribution in [0.25, 0.3) is 5.69 Å². The highest BCUT2D eigenvalue weighted by Crippen LogP contribution is 2.14. The summed E-state index contributed by atoms with van der Waals surface area (Å²) in [6.07, 6.45) is 1.88. The molecule has 0 aliphatic carbocycles. The first-order valence-corrected chi connectivity index (χ1v) is 5.36. The van der Waals surface area contributed by atoms with E-state index in [0.717, 1.165) is 24.4 Å². The van der Waals surface area contributed by atoms with E-state index in [4.69, 9.17) is 11.6 Å². The fourth-order valence-corrected chi connectivity index (χ4v) is 1.63. The van der Waals surface area contributed by atoms with Crippen LogP contribution in [0.4, 0.5) is 0 Å². The van der Waals surface area contributed by atoms with Crippen LogP contribution in [-0.2, 0) is 6.42 Å². The molecule has 0 saturated carbocycles. The van der Waals surface area contributed by atoms with E-state index in [9.17, 15) is 0 Å². The lowest BCUT2D eigenvalue weighted by atomic mass is 10.3.